The normalized spacial score (nSPS) is 11.3. The lowest BCUT2D eigenvalue weighted by Gasteiger charge is -2.13. The Hall–Kier alpha value is -3.81. The average Bonchev–Trinajstić information content (AvgIpc) is 3.24. The van der Waals surface area contributed by atoms with Gasteiger partial charge in [0, 0.05) is 29.0 Å². The number of aromatic nitrogens is 2. The van der Waals surface area contributed by atoms with E-state index in [0.29, 0.717) is 28.5 Å². The van der Waals surface area contributed by atoms with Crippen molar-refractivity contribution in [3.63, 3.8) is 0 Å². The Bertz CT molecular complexity index is 1360. The van der Waals surface area contributed by atoms with E-state index in [1.165, 1.54) is 18.2 Å². The van der Waals surface area contributed by atoms with E-state index >= 15 is 0 Å². The molecule has 170 valence electrons. The lowest BCUT2D eigenvalue weighted by atomic mass is 9.95. The van der Waals surface area contributed by atoms with E-state index in [1.807, 2.05) is 19.1 Å². The predicted octanol–water partition coefficient (Wildman–Crippen LogP) is 5.09. The van der Waals surface area contributed by atoms with Crippen molar-refractivity contribution in [1.29, 1.82) is 0 Å². The first kappa shape index (κ1) is 22.4. The fourth-order valence-corrected chi connectivity index (χ4v) is 3.64. The van der Waals surface area contributed by atoms with Crippen LogP contribution in [0.4, 0.5) is 4.39 Å². The van der Waals surface area contributed by atoms with E-state index in [9.17, 15) is 14.0 Å². The number of aryl methyl sites for hydroxylation is 2. The Morgan fingerprint density at radius 1 is 1.15 bits per heavy atom. The number of ether oxygens (including phenoxy) is 1. The third-order valence-electron chi connectivity index (χ3n) is 5.34. The molecule has 7 nitrogen and oxygen atoms in total. The van der Waals surface area contributed by atoms with Crippen molar-refractivity contribution in [3.05, 3.63) is 81.3 Å². The minimum atomic E-state index is -0.496. The molecule has 2 heterocycles. The number of benzene rings is 2. The molecule has 0 aliphatic carbocycles. The fourth-order valence-electron chi connectivity index (χ4n) is 3.64. The second-order valence-corrected chi connectivity index (χ2v) is 8.13. The second-order valence-electron chi connectivity index (χ2n) is 8.13. The highest BCUT2D eigenvalue weighted by Gasteiger charge is 2.15. The number of halogens is 1. The largest absolute Gasteiger partial charge is 0.461 e. The monoisotopic (exact) mass is 450 g/mol. The number of carbonyl (C=O) groups excluding carboxylic acids is 1. The highest BCUT2D eigenvalue weighted by atomic mass is 19.1. The van der Waals surface area contributed by atoms with Gasteiger partial charge >= 0.3 is 11.6 Å². The lowest BCUT2D eigenvalue weighted by Crippen LogP contribution is -2.09. The maximum absolute atomic E-state index is 13.1. The van der Waals surface area contributed by atoms with Gasteiger partial charge in [0.15, 0.2) is 0 Å². The van der Waals surface area contributed by atoms with Crippen LogP contribution in [-0.4, -0.2) is 16.1 Å². The molecule has 33 heavy (non-hydrogen) atoms. The Labute approximate surface area is 189 Å². The van der Waals surface area contributed by atoms with Crippen molar-refractivity contribution < 1.29 is 22.9 Å². The standard InChI is InChI=1S/C25H23FN2O5/c1-14(2)19-12-20-17(11-24(30)32-21(20)10-15(19)3)13-31-23(29)9-8-22-27-25(28-33-22)16-4-6-18(26)7-5-16/h4-7,10-12,14H,8-9,13H2,1-3H3. The third-order valence-corrected chi connectivity index (χ3v) is 5.34. The number of esters is 1. The molecule has 0 spiro atoms. The van der Waals surface area contributed by atoms with Gasteiger partial charge in [0.25, 0.3) is 0 Å². The molecular formula is C25H23FN2O5. The van der Waals surface area contributed by atoms with E-state index in [-0.39, 0.29) is 31.2 Å². The van der Waals surface area contributed by atoms with Gasteiger partial charge in [-0.05, 0) is 60.4 Å². The Balaban J connectivity index is 1.41. The number of nitrogens with zero attached hydrogens (tertiary/aromatic N) is 2. The molecule has 0 fully saturated rings. The molecule has 0 bridgehead atoms. The van der Waals surface area contributed by atoms with Crippen LogP contribution in [0.3, 0.4) is 0 Å². The maximum atomic E-state index is 13.1. The molecule has 2 aromatic carbocycles. The summed E-state index contributed by atoms with van der Waals surface area (Å²) in [7, 11) is 0. The minimum absolute atomic E-state index is 0.0285. The van der Waals surface area contributed by atoms with Gasteiger partial charge in [0.05, 0.1) is 6.42 Å². The van der Waals surface area contributed by atoms with Crippen LogP contribution >= 0.6 is 0 Å². The molecule has 4 rings (SSSR count). The Morgan fingerprint density at radius 2 is 1.91 bits per heavy atom. The van der Waals surface area contributed by atoms with Gasteiger partial charge in [-0.3, -0.25) is 4.79 Å². The highest BCUT2D eigenvalue weighted by Crippen LogP contribution is 2.27. The van der Waals surface area contributed by atoms with Crippen molar-refractivity contribution in [2.45, 2.75) is 46.1 Å². The van der Waals surface area contributed by atoms with E-state index in [4.69, 9.17) is 13.7 Å². The van der Waals surface area contributed by atoms with Crippen LogP contribution < -0.4 is 5.63 Å². The van der Waals surface area contributed by atoms with E-state index in [1.54, 1.807) is 12.1 Å². The van der Waals surface area contributed by atoms with Crippen LogP contribution in [-0.2, 0) is 22.6 Å². The summed E-state index contributed by atoms with van der Waals surface area (Å²) < 4.78 is 28.9. The molecule has 0 saturated carbocycles. The summed E-state index contributed by atoms with van der Waals surface area (Å²) in [6, 6.07) is 10.9. The molecule has 0 aliphatic rings. The minimum Gasteiger partial charge on any atom is -0.461 e. The highest BCUT2D eigenvalue weighted by molar-refractivity contribution is 5.82. The Morgan fingerprint density at radius 3 is 2.64 bits per heavy atom. The van der Waals surface area contributed by atoms with Gasteiger partial charge in [0.1, 0.15) is 18.0 Å². The lowest BCUT2D eigenvalue weighted by molar-refractivity contribution is -0.145. The molecule has 0 N–H and O–H groups in total. The number of fused-ring (bicyclic) bond motifs is 1. The first-order valence-electron chi connectivity index (χ1n) is 10.6. The van der Waals surface area contributed by atoms with Gasteiger partial charge in [0.2, 0.25) is 11.7 Å². The molecule has 0 atom stereocenters. The van der Waals surface area contributed by atoms with Crippen LogP contribution in [0.25, 0.3) is 22.4 Å². The maximum Gasteiger partial charge on any atom is 0.336 e. The molecule has 0 unspecified atom stereocenters. The van der Waals surface area contributed by atoms with Crippen molar-refractivity contribution in [2.75, 3.05) is 0 Å². The second kappa shape index (κ2) is 9.36. The summed E-state index contributed by atoms with van der Waals surface area (Å²) in [5, 5.41) is 4.60. The number of rotatable bonds is 7. The van der Waals surface area contributed by atoms with Gasteiger partial charge in [-0.1, -0.05) is 19.0 Å². The van der Waals surface area contributed by atoms with Crippen LogP contribution in [0, 0.1) is 12.7 Å². The van der Waals surface area contributed by atoms with Crippen molar-refractivity contribution >= 4 is 16.9 Å². The molecule has 0 saturated heterocycles. The van der Waals surface area contributed by atoms with Crippen LogP contribution in [0.1, 0.15) is 48.8 Å². The predicted molar refractivity (Wildman–Crippen MR) is 119 cm³/mol. The van der Waals surface area contributed by atoms with Gasteiger partial charge in [-0.15, -0.1) is 0 Å². The SMILES string of the molecule is Cc1cc2oc(=O)cc(COC(=O)CCc3nc(-c4ccc(F)cc4)no3)c2cc1C(C)C. The summed E-state index contributed by atoms with van der Waals surface area (Å²) in [4.78, 5) is 28.5. The quantitative estimate of drug-likeness (QED) is 0.286. The third kappa shape index (κ3) is 5.16. The molecule has 0 aliphatic heterocycles. The van der Waals surface area contributed by atoms with Gasteiger partial charge in [-0.25, -0.2) is 9.18 Å². The zero-order valence-electron chi connectivity index (χ0n) is 18.6. The number of hydrogen-bond acceptors (Lipinski definition) is 7. The molecule has 0 amide bonds. The van der Waals surface area contributed by atoms with Gasteiger partial charge in [-0.2, -0.15) is 4.98 Å². The molecule has 0 radical (unpaired) electrons. The van der Waals surface area contributed by atoms with E-state index < -0.39 is 11.6 Å². The Kier molecular flexibility index (Phi) is 6.35. The van der Waals surface area contributed by atoms with Crippen molar-refractivity contribution in [3.8, 4) is 11.4 Å². The van der Waals surface area contributed by atoms with Crippen molar-refractivity contribution in [1.82, 2.24) is 10.1 Å². The molecule has 4 aromatic rings. The average molecular weight is 450 g/mol. The molecule has 2 aromatic heterocycles. The zero-order chi connectivity index (χ0) is 23.5. The zero-order valence-corrected chi connectivity index (χ0v) is 18.6. The van der Waals surface area contributed by atoms with E-state index in [0.717, 1.165) is 16.5 Å². The molecule has 8 heteroatoms. The topological polar surface area (TPSA) is 95.4 Å². The summed E-state index contributed by atoms with van der Waals surface area (Å²) in [6.45, 7) is 6.10. The number of hydrogen-bond donors (Lipinski definition) is 0. The van der Waals surface area contributed by atoms with Crippen LogP contribution in [0.15, 0.2) is 56.2 Å². The van der Waals surface area contributed by atoms with Crippen LogP contribution in [0.5, 0.6) is 0 Å². The summed E-state index contributed by atoms with van der Waals surface area (Å²) >= 11 is 0. The van der Waals surface area contributed by atoms with Crippen LogP contribution in [0.2, 0.25) is 0 Å². The summed E-state index contributed by atoms with van der Waals surface area (Å²) in [5.74, 6) is 0.0658. The fraction of sp³-hybridized carbons (Fsp3) is 0.280. The van der Waals surface area contributed by atoms with Gasteiger partial charge < -0.3 is 13.7 Å². The summed E-state index contributed by atoms with van der Waals surface area (Å²) in [5.41, 5.74) is 3.35. The first-order chi connectivity index (χ1) is 15.8. The van der Waals surface area contributed by atoms with Crippen molar-refractivity contribution in [2.24, 2.45) is 0 Å². The molecular weight excluding hydrogens is 427 g/mol. The summed E-state index contributed by atoms with van der Waals surface area (Å²) in [6.07, 6.45) is 0.224. The van der Waals surface area contributed by atoms with E-state index in [2.05, 4.69) is 24.0 Å². The number of carbonyl (C=O) groups is 1. The smallest absolute Gasteiger partial charge is 0.336 e. The first-order valence-corrected chi connectivity index (χ1v) is 10.6.